The standard InChI is InChI=1S/C8H12O4.C6H8O4/c1-3-11-7(9)5-6-8(10)12-4-2;1-9-5(7)3-4-6(8)10-2/h5-6H,3-4H2,1-2H3;3-4H,1-2H3/b6-5-;4-3+. The van der Waals surface area contributed by atoms with Crippen molar-refractivity contribution in [3.05, 3.63) is 24.3 Å². The van der Waals surface area contributed by atoms with E-state index in [0.29, 0.717) is 13.2 Å². The fraction of sp³-hybridized carbons (Fsp3) is 0.429. The first-order chi connectivity index (χ1) is 10.4. The van der Waals surface area contributed by atoms with Crippen LogP contribution in [-0.2, 0) is 38.1 Å². The molecule has 0 saturated heterocycles. The molecule has 0 N–H and O–H groups in total. The summed E-state index contributed by atoms with van der Waals surface area (Å²) in [7, 11) is 2.45. The number of ether oxygens (including phenoxy) is 4. The van der Waals surface area contributed by atoms with E-state index in [1.165, 1.54) is 14.2 Å². The summed E-state index contributed by atoms with van der Waals surface area (Å²) >= 11 is 0. The van der Waals surface area contributed by atoms with Crippen molar-refractivity contribution in [2.75, 3.05) is 27.4 Å². The van der Waals surface area contributed by atoms with Crippen molar-refractivity contribution in [2.45, 2.75) is 13.8 Å². The van der Waals surface area contributed by atoms with Gasteiger partial charge in [-0.15, -0.1) is 0 Å². The number of hydrogen-bond donors (Lipinski definition) is 0. The van der Waals surface area contributed by atoms with E-state index in [1.807, 2.05) is 0 Å². The minimum absolute atomic E-state index is 0.298. The maximum Gasteiger partial charge on any atom is 0.330 e. The summed E-state index contributed by atoms with van der Waals surface area (Å²) in [6.45, 7) is 3.98. The van der Waals surface area contributed by atoms with Crippen LogP contribution in [0.2, 0.25) is 0 Å². The first-order valence-corrected chi connectivity index (χ1v) is 6.26. The quantitative estimate of drug-likeness (QED) is 0.397. The molecular weight excluding hydrogens is 296 g/mol. The average molecular weight is 316 g/mol. The lowest BCUT2D eigenvalue weighted by Crippen LogP contribution is -2.03. The van der Waals surface area contributed by atoms with Crippen molar-refractivity contribution in [2.24, 2.45) is 0 Å². The van der Waals surface area contributed by atoms with Crippen molar-refractivity contribution < 1.29 is 38.1 Å². The lowest BCUT2D eigenvalue weighted by Gasteiger charge is -1.95. The fourth-order valence-corrected chi connectivity index (χ4v) is 0.789. The summed E-state index contributed by atoms with van der Waals surface area (Å²) in [5.41, 5.74) is 0. The van der Waals surface area contributed by atoms with Crippen molar-refractivity contribution in [1.29, 1.82) is 0 Å². The molecule has 0 aromatic heterocycles. The molecule has 0 atom stereocenters. The second kappa shape index (κ2) is 14.8. The monoisotopic (exact) mass is 316 g/mol. The van der Waals surface area contributed by atoms with E-state index in [2.05, 4.69) is 18.9 Å². The van der Waals surface area contributed by atoms with Crippen molar-refractivity contribution in [3.8, 4) is 0 Å². The Morgan fingerprint density at radius 3 is 1.14 bits per heavy atom. The molecule has 22 heavy (non-hydrogen) atoms. The third-order valence-electron chi connectivity index (χ3n) is 1.69. The first-order valence-electron chi connectivity index (χ1n) is 6.26. The van der Waals surface area contributed by atoms with E-state index in [-0.39, 0.29) is 0 Å². The molecule has 8 heteroatoms. The lowest BCUT2D eigenvalue weighted by atomic mass is 10.5. The first kappa shape index (κ1) is 21.7. The van der Waals surface area contributed by atoms with Gasteiger partial charge in [-0.05, 0) is 13.8 Å². The van der Waals surface area contributed by atoms with E-state index in [9.17, 15) is 19.2 Å². The highest BCUT2D eigenvalue weighted by atomic mass is 16.5. The van der Waals surface area contributed by atoms with Gasteiger partial charge in [0.1, 0.15) is 0 Å². The molecule has 0 fully saturated rings. The summed E-state index contributed by atoms with van der Waals surface area (Å²) in [6, 6.07) is 0. The van der Waals surface area contributed by atoms with Gasteiger partial charge in [-0.25, -0.2) is 19.2 Å². The van der Waals surface area contributed by atoms with E-state index in [0.717, 1.165) is 24.3 Å². The molecule has 0 radical (unpaired) electrons. The molecule has 0 saturated carbocycles. The van der Waals surface area contributed by atoms with Crippen molar-refractivity contribution in [3.63, 3.8) is 0 Å². The van der Waals surface area contributed by atoms with E-state index >= 15 is 0 Å². The predicted octanol–water partition coefficient (Wildman–Crippen LogP) is 0.557. The van der Waals surface area contributed by atoms with Crippen LogP contribution < -0.4 is 0 Å². The van der Waals surface area contributed by atoms with Crippen molar-refractivity contribution >= 4 is 23.9 Å². The van der Waals surface area contributed by atoms with Gasteiger partial charge in [0.2, 0.25) is 0 Å². The van der Waals surface area contributed by atoms with Gasteiger partial charge in [0.15, 0.2) is 0 Å². The summed E-state index contributed by atoms with van der Waals surface area (Å²) in [6.07, 6.45) is 4.07. The fourth-order valence-electron chi connectivity index (χ4n) is 0.789. The zero-order valence-electron chi connectivity index (χ0n) is 13.0. The number of hydrogen-bond acceptors (Lipinski definition) is 8. The third-order valence-corrected chi connectivity index (χ3v) is 1.69. The second-order valence-electron chi connectivity index (χ2n) is 3.22. The van der Waals surface area contributed by atoms with Gasteiger partial charge in [0, 0.05) is 24.3 Å². The normalized spacial score (nSPS) is 9.64. The Morgan fingerprint density at radius 2 is 0.909 bits per heavy atom. The summed E-state index contributed by atoms with van der Waals surface area (Å²) in [4.78, 5) is 41.9. The number of carbonyl (C=O) groups excluding carboxylic acids is 4. The van der Waals surface area contributed by atoms with Crippen LogP contribution in [0, 0.1) is 0 Å². The number of carbonyl (C=O) groups is 4. The van der Waals surface area contributed by atoms with E-state index in [4.69, 9.17) is 0 Å². The number of methoxy groups -OCH3 is 2. The summed E-state index contributed by atoms with van der Waals surface area (Å²) in [5, 5.41) is 0. The van der Waals surface area contributed by atoms with Gasteiger partial charge in [0.25, 0.3) is 0 Å². The number of rotatable bonds is 6. The van der Waals surface area contributed by atoms with Crippen molar-refractivity contribution in [1.82, 2.24) is 0 Å². The highest BCUT2D eigenvalue weighted by Gasteiger charge is 1.97. The molecule has 0 aromatic carbocycles. The van der Waals surface area contributed by atoms with Gasteiger partial charge < -0.3 is 18.9 Å². The Labute approximate surface area is 128 Å². The van der Waals surface area contributed by atoms with Crippen LogP contribution >= 0.6 is 0 Å². The molecule has 0 amide bonds. The van der Waals surface area contributed by atoms with E-state index < -0.39 is 23.9 Å². The zero-order valence-corrected chi connectivity index (χ0v) is 13.0. The minimum atomic E-state index is -0.578. The Hall–Kier alpha value is -2.64. The van der Waals surface area contributed by atoms with Crippen LogP contribution in [-0.4, -0.2) is 51.3 Å². The number of esters is 4. The van der Waals surface area contributed by atoms with Crippen LogP contribution in [0.1, 0.15) is 13.8 Å². The van der Waals surface area contributed by atoms with Gasteiger partial charge in [0.05, 0.1) is 27.4 Å². The Kier molecular flexibility index (Phi) is 14.5. The molecule has 0 heterocycles. The molecule has 0 rings (SSSR count). The molecule has 124 valence electrons. The zero-order chi connectivity index (χ0) is 17.4. The highest BCUT2D eigenvalue weighted by molar-refractivity contribution is 5.92. The maximum absolute atomic E-state index is 10.6. The van der Waals surface area contributed by atoms with E-state index in [1.54, 1.807) is 13.8 Å². The summed E-state index contributed by atoms with van der Waals surface area (Å²) in [5.74, 6) is -2.23. The Balaban J connectivity index is 0. The minimum Gasteiger partial charge on any atom is -0.466 e. The van der Waals surface area contributed by atoms with Crippen LogP contribution in [0.15, 0.2) is 24.3 Å². The molecule has 0 aliphatic carbocycles. The molecule has 0 unspecified atom stereocenters. The largest absolute Gasteiger partial charge is 0.466 e. The Bertz CT molecular complexity index is 385. The van der Waals surface area contributed by atoms with Gasteiger partial charge in [-0.3, -0.25) is 0 Å². The molecule has 0 spiro atoms. The Morgan fingerprint density at radius 1 is 0.636 bits per heavy atom. The summed E-state index contributed by atoms with van der Waals surface area (Å²) < 4.78 is 17.5. The van der Waals surface area contributed by atoms with Gasteiger partial charge in [-0.1, -0.05) is 0 Å². The maximum atomic E-state index is 10.6. The third kappa shape index (κ3) is 15.4. The molecule has 0 aromatic rings. The lowest BCUT2D eigenvalue weighted by molar-refractivity contribution is -0.140. The van der Waals surface area contributed by atoms with Crippen LogP contribution in [0.4, 0.5) is 0 Å². The van der Waals surface area contributed by atoms with Crippen LogP contribution in [0.5, 0.6) is 0 Å². The van der Waals surface area contributed by atoms with Gasteiger partial charge >= 0.3 is 23.9 Å². The molecular formula is C14H20O8. The second-order valence-corrected chi connectivity index (χ2v) is 3.22. The molecule has 8 nitrogen and oxygen atoms in total. The topological polar surface area (TPSA) is 105 Å². The smallest absolute Gasteiger partial charge is 0.330 e. The average Bonchev–Trinajstić information content (AvgIpc) is 2.51. The predicted molar refractivity (Wildman–Crippen MR) is 75.6 cm³/mol. The van der Waals surface area contributed by atoms with Gasteiger partial charge in [-0.2, -0.15) is 0 Å². The highest BCUT2D eigenvalue weighted by Crippen LogP contribution is 1.84. The molecule has 0 aliphatic rings. The molecule has 0 bridgehead atoms. The van der Waals surface area contributed by atoms with Crippen LogP contribution in [0.3, 0.4) is 0 Å². The van der Waals surface area contributed by atoms with Crippen LogP contribution in [0.25, 0.3) is 0 Å². The SMILES string of the molecule is CCOC(=O)/C=C\C(=O)OCC.COC(=O)/C=C/C(=O)OC. The molecule has 0 aliphatic heterocycles.